The molecule has 1 amide bonds. The van der Waals surface area contributed by atoms with Crippen molar-refractivity contribution in [3.05, 3.63) is 60.2 Å². The number of amides is 1. The highest BCUT2D eigenvalue weighted by molar-refractivity contribution is 8.00. The van der Waals surface area contributed by atoms with Gasteiger partial charge in [0, 0.05) is 5.56 Å². The van der Waals surface area contributed by atoms with E-state index in [2.05, 4.69) is 15.5 Å². The molecule has 0 aliphatic rings. The van der Waals surface area contributed by atoms with Crippen LogP contribution in [0.4, 0.5) is 14.5 Å². The predicted octanol–water partition coefficient (Wildman–Crippen LogP) is 4.13. The first-order valence-corrected chi connectivity index (χ1v) is 8.22. The van der Waals surface area contributed by atoms with E-state index in [4.69, 9.17) is 4.42 Å². The molecule has 1 atom stereocenters. The molecule has 0 aliphatic carbocycles. The zero-order valence-corrected chi connectivity index (χ0v) is 13.9. The summed E-state index contributed by atoms with van der Waals surface area (Å²) < 4.78 is 32.0. The van der Waals surface area contributed by atoms with Gasteiger partial charge in [0.15, 0.2) is 0 Å². The van der Waals surface area contributed by atoms with Gasteiger partial charge < -0.3 is 9.73 Å². The van der Waals surface area contributed by atoms with E-state index in [1.54, 1.807) is 19.1 Å². The van der Waals surface area contributed by atoms with E-state index in [1.807, 2.05) is 0 Å². The molecule has 0 saturated heterocycles. The first-order chi connectivity index (χ1) is 12.0. The minimum atomic E-state index is -0.582. The van der Waals surface area contributed by atoms with Crippen LogP contribution in [-0.2, 0) is 4.79 Å². The second-order valence-corrected chi connectivity index (χ2v) is 6.40. The predicted molar refractivity (Wildman–Crippen MR) is 90.0 cm³/mol. The zero-order valence-electron chi connectivity index (χ0n) is 13.1. The van der Waals surface area contributed by atoms with Gasteiger partial charge in [-0.15, -0.1) is 10.2 Å². The van der Waals surface area contributed by atoms with Gasteiger partial charge in [0.1, 0.15) is 11.6 Å². The van der Waals surface area contributed by atoms with E-state index in [1.165, 1.54) is 36.4 Å². The highest BCUT2D eigenvalue weighted by atomic mass is 32.2. The molecule has 1 N–H and O–H groups in total. The van der Waals surface area contributed by atoms with Crippen LogP contribution in [0.1, 0.15) is 6.92 Å². The molecule has 0 fully saturated rings. The largest absolute Gasteiger partial charge is 0.411 e. The standard InChI is InChI=1S/C17H13F2N3O2S/c1-10(15(23)20-14-5-3-2-4-13(14)19)25-17-22-21-16(24-17)11-6-8-12(18)9-7-11/h2-10H,1H3,(H,20,23)/t10-/m0/s1. The summed E-state index contributed by atoms with van der Waals surface area (Å²) in [5, 5.41) is 9.85. The van der Waals surface area contributed by atoms with Crippen molar-refractivity contribution >= 4 is 23.4 Å². The maximum Gasteiger partial charge on any atom is 0.277 e. The summed E-state index contributed by atoms with van der Waals surface area (Å²) in [7, 11) is 0. The number of nitrogens with zero attached hydrogens (tertiary/aromatic N) is 2. The molecule has 3 rings (SSSR count). The highest BCUT2D eigenvalue weighted by Gasteiger charge is 2.19. The fraction of sp³-hybridized carbons (Fsp3) is 0.118. The van der Waals surface area contributed by atoms with Gasteiger partial charge in [0.2, 0.25) is 11.8 Å². The number of para-hydroxylation sites is 1. The Bertz CT molecular complexity index is 884. The Balaban J connectivity index is 1.65. The number of halogens is 2. The van der Waals surface area contributed by atoms with Gasteiger partial charge in [-0.1, -0.05) is 23.9 Å². The molecule has 8 heteroatoms. The van der Waals surface area contributed by atoms with Crippen LogP contribution in [0.25, 0.3) is 11.5 Å². The van der Waals surface area contributed by atoms with Crippen LogP contribution in [0.5, 0.6) is 0 Å². The lowest BCUT2D eigenvalue weighted by molar-refractivity contribution is -0.115. The molecule has 3 aromatic rings. The van der Waals surface area contributed by atoms with Crippen molar-refractivity contribution in [2.75, 3.05) is 5.32 Å². The van der Waals surface area contributed by atoms with Gasteiger partial charge in [0.05, 0.1) is 10.9 Å². The molecule has 0 radical (unpaired) electrons. The number of benzene rings is 2. The lowest BCUT2D eigenvalue weighted by Crippen LogP contribution is -2.22. The van der Waals surface area contributed by atoms with Crippen LogP contribution in [0.3, 0.4) is 0 Å². The quantitative estimate of drug-likeness (QED) is 0.692. The number of rotatable bonds is 5. The number of aromatic nitrogens is 2. The molecule has 1 heterocycles. The molecule has 0 spiro atoms. The molecule has 128 valence electrons. The third-order valence-corrected chi connectivity index (χ3v) is 4.21. The maximum atomic E-state index is 13.6. The Hall–Kier alpha value is -2.74. The highest BCUT2D eigenvalue weighted by Crippen LogP contribution is 2.27. The van der Waals surface area contributed by atoms with E-state index in [0.29, 0.717) is 5.56 Å². The smallest absolute Gasteiger partial charge is 0.277 e. The van der Waals surface area contributed by atoms with E-state index in [0.717, 1.165) is 11.8 Å². The molecular weight excluding hydrogens is 348 g/mol. The SMILES string of the molecule is C[C@H](Sc1nnc(-c2ccc(F)cc2)o1)C(=O)Nc1ccccc1F. The van der Waals surface area contributed by atoms with Crippen LogP contribution in [0.2, 0.25) is 0 Å². The van der Waals surface area contributed by atoms with Crippen molar-refractivity contribution in [1.82, 2.24) is 10.2 Å². The van der Waals surface area contributed by atoms with Crippen LogP contribution in [-0.4, -0.2) is 21.4 Å². The Kier molecular flexibility index (Phi) is 5.08. The third kappa shape index (κ3) is 4.21. The Morgan fingerprint density at radius 3 is 2.56 bits per heavy atom. The van der Waals surface area contributed by atoms with Gasteiger partial charge in [-0.3, -0.25) is 4.79 Å². The van der Waals surface area contributed by atoms with E-state index < -0.39 is 17.0 Å². The lowest BCUT2D eigenvalue weighted by Gasteiger charge is -2.10. The Morgan fingerprint density at radius 1 is 1.12 bits per heavy atom. The molecular formula is C17H13F2N3O2S. The first-order valence-electron chi connectivity index (χ1n) is 7.34. The maximum absolute atomic E-state index is 13.6. The second kappa shape index (κ2) is 7.43. The molecule has 0 aliphatic heterocycles. The van der Waals surface area contributed by atoms with Crippen molar-refractivity contribution in [2.45, 2.75) is 17.4 Å². The van der Waals surface area contributed by atoms with Gasteiger partial charge in [-0.2, -0.15) is 0 Å². The minimum absolute atomic E-state index is 0.109. The number of anilines is 1. The zero-order chi connectivity index (χ0) is 17.8. The van der Waals surface area contributed by atoms with Crippen LogP contribution >= 0.6 is 11.8 Å². The average molecular weight is 361 g/mol. The number of hydrogen-bond acceptors (Lipinski definition) is 5. The summed E-state index contributed by atoms with van der Waals surface area (Å²) in [5.74, 6) is -1.04. The van der Waals surface area contributed by atoms with Gasteiger partial charge >= 0.3 is 0 Å². The minimum Gasteiger partial charge on any atom is -0.411 e. The number of carbonyl (C=O) groups excluding carboxylic acids is 1. The molecule has 0 saturated carbocycles. The van der Waals surface area contributed by atoms with Crippen molar-refractivity contribution in [1.29, 1.82) is 0 Å². The number of hydrogen-bond donors (Lipinski definition) is 1. The van der Waals surface area contributed by atoms with Crippen LogP contribution in [0, 0.1) is 11.6 Å². The molecule has 5 nitrogen and oxygen atoms in total. The van der Waals surface area contributed by atoms with Gasteiger partial charge in [-0.05, 0) is 43.3 Å². The summed E-state index contributed by atoms with van der Waals surface area (Å²) >= 11 is 1.05. The van der Waals surface area contributed by atoms with Crippen molar-refractivity contribution < 1.29 is 18.0 Å². The Morgan fingerprint density at radius 2 is 1.84 bits per heavy atom. The third-order valence-electron chi connectivity index (χ3n) is 3.28. The number of nitrogens with one attached hydrogen (secondary N) is 1. The van der Waals surface area contributed by atoms with Crippen molar-refractivity contribution in [3.8, 4) is 11.5 Å². The normalized spacial score (nSPS) is 12.0. The first kappa shape index (κ1) is 17.1. The van der Waals surface area contributed by atoms with Crippen LogP contribution < -0.4 is 5.32 Å². The molecule has 0 bridgehead atoms. The lowest BCUT2D eigenvalue weighted by atomic mass is 10.2. The molecule has 0 unspecified atom stereocenters. The van der Waals surface area contributed by atoms with E-state index >= 15 is 0 Å². The van der Waals surface area contributed by atoms with Gasteiger partial charge in [0.25, 0.3) is 5.22 Å². The molecule has 25 heavy (non-hydrogen) atoms. The Labute approximate surface area is 146 Å². The summed E-state index contributed by atoms with van der Waals surface area (Å²) in [5.41, 5.74) is 0.682. The van der Waals surface area contributed by atoms with Crippen molar-refractivity contribution in [3.63, 3.8) is 0 Å². The summed E-state index contributed by atoms with van der Waals surface area (Å²) in [6, 6.07) is 11.5. The average Bonchev–Trinajstić information content (AvgIpc) is 3.06. The monoisotopic (exact) mass is 361 g/mol. The van der Waals surface area contributed by atoms with Crippen molar-refractivity contribution in [2.24, 2.45) is 0 Å². The van der Waals surface area contributed by atoms with Crippen LogP contribution in [0.15, 0.2) is 58.2 Å². The molecule has 1 aromatic heterocycles. The topological polar surface area (TPSA) is 68.0 Å². The summed E-state index contributed by atoms with van der Waals surface area (Å²) in [6.45, 7) is 1.64. The molecule has 2 aromatic carbocycles. The summed E-state index contributed by atoms with van der Waals surface area (Å²) in [6.07, 6.45) is 0. The second-order valence-electron chi connectivity index (χ2n) is 5.11. The van der Waals surface area contributed by atoms with E-state index in [9.17, 15) is 13.6 Å². The number of thioether (sulfide) groups is 1. The number of carbonyl (C=O) groups is 1. The van der Waals surface area contributed by atoms with E-state index in [-0.39, 0.29) is 22.6 Å². The summed E-state index contributed by atoms with van der Waals surface area (Å²) in [4.78, 5) is 12.2. The fourth-order valence-corrected chi connectivity index (χ4v) is 2.65. The van der Waals surface area contributed by atoms with Gasteiger partial charge in [-0.25, -0.2) is 8.78 Å². The fourth-order valence-electron chi connectivity index (χ4n) is 1.97.